The van der Waals surface area contributed by atoms with E-state index in [1.165, 1.54) is 0 Å². The van der Waals surface area contributed by atoms with E-state index in [1.54, 1.807) is 30.3 Å². The molecule has 0 bridgehead atoms. The van der Waals surface area contributed by atoms with Gasteiger partial charge in [-0.05, 0) is 12.1 Å². The summed E-state index contributed by atoms with van der Waals surface area (Å²) in [5.74, 6) is -0.783. The third-order valence-corrected chi connectivity index (χ3v) is 2.11. The van der Waals surface area contributed by atoms with Gasteiger partial charge in [-0.15, -0.1) is 0 Å². The minimum atomic E-state index is -1.10. The molecule has 1 fully saturated rings. The Hall–Kier alpha value is -2.37. The monoisotopic (exact) mass is 235 g/mol. The van der Waals surface area contributed by atoms with E-state index in [0.717, 1.165) is 0 Å². The molecule has 2 amide bonds. The van der Waals surface area contributed by atoms with Crippen molar-refractivity contribution in [3.63, 3.8) is 0 Å². The van der Waals surface area contributed by atoms with Crippen molar-refractivity contribution in [1.82, 2.24) is 5.32 Å². The molecule has 1 aromatic rings. The lowest BCUT2D eigenvalue weighted by molar-refractivity contribution is -0.128. The van der Waals surface area contributed by atoms with E-state index < -0.39 is 24.1 Å². The summed E-state index contributed by atoms with van der Waals surface area (Å²) < 4.78 is 9.51. The highest BCUT2D eigenvalue weighted by Crippen LogP contribution is 2.12. The molecule has 1 heterocycles. The predicted octanol–water partition coefficient (Wildman–Crippen LogP) is 0.617. The zero-order chi connectivity index (χ0) is 12.3. The Kier molecular flexibility index (Phi) is 3.04. The second-order valence-electron chi connectivity index (χ2n) is 3.39. The second kappa shape index (κ2) is 4.65. The van der Waals surface area contributed by atoms with Crippen LogP contribution in [0.5, 0.6) is 5.75 Å². The fourth-order valence-electron chi connectivity index (χ4n) is 1.35. The lowest BCUT2D eigenvalue weighted by Gasteiger charge is -2.08. The van der Waals surface area contributed by atoms with Crippen LogP contribution >= 0.6 is 0 Å². The molecule has 1 atom stereocenters. The molecular weight excluding hydrogens is 226 g/mol. The van der Waals surface area contributed by atoms with Crippen LogP contribution in [0.2, 0.25) is 0 Å². The quantitative estimate of drug-likeness (QED) is 0.461. The predicted molar refractivity (Wildman–Crippen MR) is 55.1 cm³/mol. The Morgan fingerprint density at radius 1 is 1.24 bits per heavy atom. The van der Waals surface area contributed by atoms with Crippen molar-refractivity contribution in [2.45, 2.75) is 12.5 Å². The molecule has 0 spiro atoms. The average molecular weight is 235 g/mol. The molecule has 0 saturated carbocycles. The van der Waals surface area contributed by atoms with Gasteiger partial charge in [0.1, 0.15) is 5.75 Å². The first-order chi connectivity index (χ1) is 8.15. The Balaban J connectivity index is 1.90. The van der Waals surface area contributed by atoms with Gasteiger partial charge in [-0.1, -0.05) is 18.2 Å². The van der Waals surface area contributed by atoms with Gasteiger partial charge in [0.2, 0.25) is 5.91 Å². The number of hydrogen-bond acceptors (Lipinski definition) is 5. The van der Waals surface area contributed by atoms with Gasteiger partial charge in [0.15, 0.2) is 6.10 Å². The number of hydrogen-bond donors (Lipinski definition) is 1. The molecule has 0 aliphatic carbocycles. The molecule has 6 nitrogen and oxygen atoms in total. The van der Waals surface area contributed by atoms with Crippen LogP contribution in [0.3, 0.4) is 0 Å². The van der Waals surface area contributed by atoms with Crippen LogP contribution < -0.4 is 10.1 Å². The molecule has 1 aromatic carbocycles. The zero-order valence-electron chi connectivity index (χ0n) is 8.71. The molecule has 0 radical (unpaired) electrons. The number of benzene rings is 1. The third-order valence-electron chi connectivity index (χ3n) is 2.11. The van der Waals surface area contributed by atoms with Crippen molar-refractivity contribution in [2.24, 2.45) is 0 Å². The van der Waals surface area contributed by atoms with E-state index in [2.05, 4.69) is 0 Å². The SMILES string of the molecule is O=C1CC(OC(=O)Oc2ccccc2)C(=O)N1. The maximum atomic E-state index is 11.3. The second-order valence-corrected chi connectivity index (χ2v) is 3.39. The van der Waals surface area contributed by atoms with Gasteiger partial charge in [0.25, 0.3) is 5.91 Å². The van der Waals surface area contributed by atoms with Gasteiger partial charge in [0.05, 0.1) is 6.42 Å². The summed E-state index contributed by atoms with van der Waals surface area (Å²) in [4.78, 5) is 33.2. The summed E-state index contributed by atoms with van der Waals surface area (Å²) in [6.45, 7) is 0. The van der Waals surface area contributed by atoms with Gasteiger partial charge < -0.3 is 9.47 Å². The Morgan fingerprint density at radius 3 is 2.53 bits per heavy atom. The number of para-hydroxylation sites is 1. The fraction of sp³-hybridized carbons (Fsp3) is 0.182. The van der Waals surface area contributed by atoms with E-state index in [4.69, 9.17) is 9.47 Å². The highest BCUT2D eigenvalue weighted by molar-refractivity contribution is 6.05. The summed E-state index contributed by atoms with van der Waals surface area (Å²) in [5, 5.41) is 2.03. The summed E-state index contributed by atoms with van der Waals surface area (Å²) >= 11 is 0. The van der Waals surface area contributed by atoms with Crippen molar-refractivity contribution < 1.29 is 23.9 Å². The summed E-state index contributed by atoms with van der Waals surface area (Å²) in [7, 11) is 0. The fourth-order valence-corrected chi connectivity index (χ4v) is 1.35. The lowest BCUT2D eigenvalue weighted by atomic mass is 10.3. The third kappa shape index (κ3) is 2.81. The van der Waals surface area contributed by atoms with Crippen molar-refractivity contribution in [1.29, 1.82) is 0 Å². The zero-order valence-corrected chi connectivity index (χ0v) is 8.71. The first-order valence-electron chi connectivity index (χ1n) is 4.92. The van der Waals surface area contributed by atoms with Crippen molar-refractivity contribution in [3.8, 4) is 5.75 Å². The Labute approximate surface area is 96.5 Å². The highest BCUT2D eigenvalue weighted by Gasteiger charge is 2.34. The average Bonchev–Trinajstić information content (AvgIpc) is 2.58. The highest BCUT2D eigenvalue weighted by atomic mass is 16.7. The molecule has 1 aliphatic heterocycles. The van der Waals surface area contributed by atoms with Gasteiger partial charge >= 0.3 is 6.16 Å². The van der Waals surface area contributed by atoms with Crippen molar-refractivity contribution in [3.05, 3.63) is 30.3 Å². The number of nitrogens with one attached hydrogen (secondary N) is 1. The smallest absolute Gasteiger partial charge is 0.420 e. The van der Waals surface area contributed by atoms with Gasteiger partial charge in [0, 0.05) is 0 Å². The Morgan fingerprint density at radius 2 is 1.94 bits per heavy atom. The van der Waals surface area contributed by atoms with E-state index in [0.29, 0.717) is 5.75 Å². The van der Waals surface area contributed by atoms with Crippen LogP contribution in [0.15, 0.2) is 30.3 Å². The maximum absolute atomic E-state index is 11.3. The number of rotatable bonds is 2. The molecule has 1 aliphatic rings. The first-order valence-corrected chi connectivity index (χ1v) is 4.92. The van der Waals surface area contributed by atoms with E-state index in [9.17, 15) is 14.4 Å². The summed E-state index contributed by atoms with van der Waals surface area (Å²) in [5.41, 5.74) is 0. The van der Waals surface area contributed by atoms with Crippen LogP contribution in [0.4, 0.5) is 4.79 Å². The number of ether oxygens (including phenoxy) is 2. The number of carbonyl (C=O) groups excluding carboxylic acids is 3. The van der Waals surface area contributed by atoms with Crippen LogP contribution in [0.25, 0.3) is 0 Å². The Bertz CT molecular complexity index is 456. The van der Waals surface area contributed by atoms with Gasteiger partial charge in [-0.25, -0.2) is 4.79 Å². The molecule has 1 unspecified atom stereocenters. The molecular formula is C11H9NO5. The van der Waals surface area contributed by atoms with Gasteiger partial charge in [-0.3, -0.25) is 14.9 Å². The minimum absolute atomic E-state index is 0.164. The van der Waals surface area contributed by atoms with E-state index >= 15 is 0 Å². The van der Waals surface area contributed by atoms with Gasteiger partial charge in [-0.2, -0.15) is 0 Å². The van der Waals surface area contributed by atoms with Crippen molar-refractivity contribution >= 4 is 18.0 Å². The summed E-state index contributed by atoms with van der Waals surface area (Å²) in [6.07, 6.45) is -2.27. The number of imide groups is 1. The molecule has 88 valence electrons. The molecule has 0 aromatic heterocycles. The van der Waals surface area contributed by atoms with Crippen LogP contribution in [-0.4, -0.2) is 24.1 Å². The lowest BCUT2D eigenvalue weighted by Crippen LogP contribution is -2.29. The first kappa shape index (κ1) is 11.1. The molecule has 1 N–H and O–H groups in total. The minimum Gasteiger partial charge on any atom is -0.420 e. The molecule has 6 heteroatoms. The molecule has 2 rings (SSSR count). The molecule has 1 saturated heterocycles. The van der Waals surface area contributed by atoms with Crippen molar-refractivity contribution in [2.75, 3.05) is 0 Å². The van der Waals surface area contributed by atoms with Crippen LogP contribution in [0.1, 0.15) is 6.42 Å². The van der Waals surface area contributed by atoms with E-state index in [-0.39, 0.29) is 6.42 Å². The number of amides is 2. The van der Waals surface area contributed by atoms with E-state index in [1.807, 2.05) is 5.32 Å². The van der Waals surface area contributed by atoms with Crippen LogP contribution in [-0.2, 0) is 14.3 Å². The largest absolute Gasteiger partial charge is 0.514 e. The number of carbonyl (C=O) groups is 3. The standard InChI is InChI=1S/C11H9NO5/c13-9-6-8(10(14)12-9)17-11(15)16-7-4-2-1-3-5-7/h1-5,8H,6H2,(H,12,13,14). The maximum Gasteiger partial charge on any atom is 0.514 e. The normalized spacial score (nSPS) is 18.7. The summed E-state index contributed by atoms with van der Waals surface area (Å²) in [6, 6.07) is 8.28. The van der Waals surface area contributed by atoms with Crippen LogP contribution in [0, 0.1) is 0 Å². The topological polar surface area (TPSA) is 81.7 Å². The molecule has 17 heavy (non-hydrogen) atoms.